The molecule has 0 amide bonds. The van der Waals surface area contributed by atoms with Crippen LogP contribution in [0.2, 0.25) is 0 Å². The van der Waals surface area contributed by atoms with Gasteiger partial charge in [0.25, 0.3) is 5.89 Å². The summed E-state index contributed by atoms with van der Waals surface area (Å²) in [6.45, 7) is 8.19. The average Bonchev–Trinajstić information content (AvgIpc) is 3.23. The Morgan fingerprint density at radius 2 is 1.83 bits per heavy atom. The van der Waals surface area contributed by atoms with Gasteiger partial charge >= 0.3 is 0 Å². The summed E-state index contributed by atoms with van der Waals surface area (Å²) in [5, 5.41) is 25.7. The molecule has 2 heterocycles. The standard InChI is InChI=1S/C21H27N5O4/c1-5-15-9-17(24-21(23-15)22-6-2)20-25-19(26-30-20)14-7-12(3)18(13(4)8-14)29-11-16(28)10-27/h7-9,16,27-28H,5-6,10-11H2,1-4H3,(H,22,23,24)/t16-/m1/s1. The van der Waals surface area contributed by atoms with E-state index in [4.69, 9.17) is 14.4 Å². The third-order valence-electron chi connectivity index (χ3n) is 4.47. The van der Waals surface area contributed by atoms with Gasteiger partial charge in [-0.05, 0) is 56.5 Å². The van der Waals surface area contributed by atoms with Crippen LogP contribution in [0.25, 0.3) is 23.0 Å². The Kier molecular flexibility index (Phi) is 6.96. The summed E-state index contributed by atoms with van der Waals surface area (Å²) >= 11 is 0. The Morgan fingerprint density at radius 3 is 2.47 bits per heavy atom. The van der Waals surface area contributed by atoms with Crippen LogP contribution in [-0.4, -0.2) is 56.2 Å². The van der Waals surface area contributed by atoms with Gasteiger partial charge in [0.1, 0.15) is 24.2 Å². The molecule has 160 valence electrons. The molecule has 1 atom stereocenters. The number of hydrogen-bond donors (Lipinski definition) is 3. The van der Waals surface area contributed by atoms with E-state index in [0.29, 0.717) is 35.7 Å². The van der Waals surface area contributed by atoms with Crippen LogP contribution in [0.3, 0.4) is 0 Å². The Balaban J connectivity index is 1.88. The van der Waals surface area contributed by atoms with Crippen LogP contribution in [0.1, 0.15) is 30.7 Å². The van der Waals surface area contributed by atoms with Crippen LogP contribution in [0, 0.1) is 13.8 Å². The van der Waals surface area contributed by atoms with Crippen LogP contribution in [0.15, 0.2) is 22.7 Å². The summed E-state index contributed by atoms with van der Waals surface area (Å²) < 4.78 is 11.1. The second-order valence-corrected chi connectivity index (χ2v) is 6.96. The number of aromatic nitrogens is 4. The van der Waals surface area contributed by atoms with Gasteiger partial charge in [-0.15, -0.1) is 0 Å². The second kappa shape index (κ2) is 9.64. The van der Waals surface area contributed by atoms with Gasteiger partial charge in [-0.25, -0.2) is 9.97 Å². The Labute approximate surface area is 175 Å². The van der Waals surface area contributed by atoms with Gasteiger partial charge in [0.15, 0.2) is 0 Å². The zero-order valence-corrected chi connectivity index (χ0v) is 17.6. The van der Waals surface area contributed by atoms with Gasteiger partial charge in [0.2, 0.25) is 11.8 Å². The number of hydrogen-bond acceptors (Lipinski definition) is 9. The fourth-order valence-electron chi connectivity index (χ4n) is 3.01. The number of nitrogens with one attached hydrogen (secondary N) is 1. The van der Waals surface area contributed by atoms with E-state index in [2.05, 4.69) is 25.4 Å². The van der Waals surface area contributed by atoms with Gasteiger partial charge in [-0.3, -0.25) is 0 Å². The van der Waals surface area contributed by atoms with Crippen molar-refractivity contribution in [3.05, 3.63) is 35.0 Å². The molecule has 0 saturated carbocycles. The van der Waals surface area contributed by atoms with E-state index >= 15 is 0 Å². The lowest BCUT2D eigenvalue weighted by Gasteiger charge is -2.15. The predicted molar refractivity (Wildman–Crippen MR) is 112 cm³/mol. The first-order valence-corrected chi connectivity index (χ1v) is 9.94. The molecule has 0 unspecified atom stereocenters. The molecular weight excluding hydrogens is 386 g/mol. The summed E-state index contributed by atoms with van der Waals surface area (Å²) in [5.74, 6) is 1.96. The molecule has 3 aromatic rings. The molecule has 1 aromatic carbocycles. The molecule has 0 spiro atoms. The lowest BCUT2D eigenvalue weighted by molar-refractivity contribution is 0.0532. The number of aliphatic hydroxyl groups is 2. The maximum absolute atomic E-state index is 9.51. The molecule has 0 aliphatic carbocycles. The first-order valence-electron chi connectivity index (χ1n) is 9.94. The molecule has 3 N–H and O–H groups in total. The van der Waals surface area contributed by atoms with Gasteiger partial charge < -0.3 is 24.8 Å². The highest BCUT2D eigenvalue weighted by atomic mass is 16.5. The van der Waals surface area contributed by atoms with E-state index in [1.165, 1.54) is 0 Å². The molecule has 0 fully saturated rings. The maximum atomic E-state index is 9.51. The van der Waals surface area contributed by atoms with Crippen molar-refractivity contribution in [2.45, 2.75) is 40.2 Å². The maximum Gasteiger partial charge on any atom is 0.277 e. The Bertz CT molecular complexity index is 982. The van der Waals surface area contributed by atoms with Crippen molar-refractivity contribution in [3.8, 4) is 28.7 Å². The number of benzene rings is 1. The molecule has 9 heteroatoms. The lowest BCUT2D eigenvalue weighted by Crippen LogP contribution is -2.21. The Hall–Kier alpha value is -3.04. The smallest absolute Gasteiger partial charge is 0.277 e. The van der Waals surface area contributed by atoms with Crippen molar-refractivity contribution in [2.24, 2.45) is 0 Å². The number of ether oxygens (including phenoxy) is 1. The molecule has 0 bridgehead atoms. The topological polar surface area (TPSA) is 126 Å². The highest BCUT2D eigenvalue weighted by Gasteiger charge is 2.17. The van der Waals surface area contributed by atoms with Gasteiger partial charge in [0, 0.05) is 17.8 Å². The third kappa shape index (κ3) is 4.92. The lowest BCUT2D eigenvalue weighted by atomic mass is 10.1. The molecule has 30 heavy (non-hydrogen) atoms. The van der Waals surface area contributed by atoms with Crippen molar-refractivity contribution in [1.82, 2.24) is 20.1 Å². The molecule has 2 aromatic heterocycles. The molecule has 0 aliphatic heterocycles. The molecule has 3 rings (SSSR count). The Morgan fingerprint density at radius 1 is 1.10 bits per heavy atom. The van der Waals surface area contributed by atoms with E-state index in [1.807, 2.05) is 45.9 Å². The summed E-state index contributed by atoms with van der Waals surface area (Å²) in [5.41, 5.74) is 3.97. The van der Waals surface area contributed by atoms with E-state index in [9.17, 15) is 5.11 Å². The van der Waals surface area contributed by atoms with Gasteiger partial charge in [-0.2, -0.15) is 4.98 Å². The normalized spacial score (nSPS) is 12.1. The fraction of sp³-hybridized carbons (Fsp3) is 0.429. The predicted octanol–water partition coefficient (Wildman–Crippen LogP) is 2.54. The SMILES string of the molecule is CCNc1nc(CC)cc(-c2nc(-c3cc(C)c(OC[C@H](O)CO)c(C)c3)no2)n1. The van der Waals surface area contributed by atoms with Crippen LogP contribution in [0.5, 0.6) is 5.75 Å². The van der Waals surface area contributed by atoms with Crippen LogP contribution < -0.4 is 10.1 Å². The summed E-state index contributed by atoms with van der Waals surface area (Å²) in [6, 6.07) is 5.63. The minimum absolute atomic E-state index is 0.0193. The number of nitrogens with zero attached hydrogens (tertiary/aromatic N) is 4. The van der Waals surface area contributed by atoms with Crippen molar-refractivity contribution >= 4 is 5.95 Å². The molecule has 0 aliphatic rings. The molecule has 9 nitrogen and oxygen atoms in total. The number of rotatable bonds is 9. The third-order valence-corrected chi connectivity index (χ3v) is 4.47. The minimum Gasteiger partial charge on any atom is -0.490 e. The van der Waals surface area contributed by atoms with E-state index in [-0.39, 0.29) is 13.2 Å². The average molecular weight is 413 g/mol. The first kappa shape index (κ1) is 21.7. The van der Waals surface area contributed by atoms with Crippen molar-refractivity contribution in [3.63, 3.8) is 0 Å². The fourth-order valence-corrected chi connectivity index (χ4v) is 3.01. The highest BCUT2D eigenvalue weighted by molar-refractivity contribution is 5.63. The number of anilines is 1. The van der Waals surface area contributed by atoms with E-state index in [1.54, 1.807) is 0 Å². The van der Waals surface area contributed by atoms with Gasteiger partial charge in [-0.1, -0.05) is 12.1 Å². The van der Waals surface area contributed by atoms with Gasteiger partial charge in [0.05, 0.1) is 6.61 Å². The van der Waals surface area contributed by atoms with Crippen LogP contribution in [0.4, 0.5) is 5.95 Å². The molecule has 0 saturated heterocycles. The number of aliphatic hydroxyl groups excluding tert-OH is 2. The number of aryl methyl sites for hydroxylation is 3. The zero-order chi connectivity index (χ0) is 21.7. The van der Waals surface area contributed by atoms with E-state index < -0.39 is 6.10 Å². The second-order valence-electron chi connectivity index (χ2n) is 6.96. The van der Waals surface area contributed by atoms with Crippen molar-refractivity contribution < 1.29 is 19.5 Å². The van der Waals surface area contributed by atoms with Crippen LogP contribution in [-0.2, 0) is 6.42 Å². The molecular formula is C21H27N5O4. The van der Waals surface area contributed by atoms with Crippen molar-refractivity contribution in [2.75, 3.05) is 25.1 Å². The summed E-state index contributed by atoms with van der Waals surface area (Å²) in [4.78, 5) is 13.4. The van der Waals surface area contributed by atoms with E-state index in [0.717, 1.165) is 28.8 Å². The van der Waals surface area contributed by atoms with Crippen LogP contribution >= 0.6 is 0 Å². The zero-order valence-electron chi connectivity index (χ0n) is 17.6. The summed E-state index contributed by atoms with van der Waals surface area (Å²) in [6.07, 6.45) is -0.157. The molecule has 0 radical (unpaired) electrons. The minimum atomic E-state index is -0.920. The van der Waals surface area contributed by atoms with Crippen molar-refractivity contribution in [1.29, 1.82) is 0 Å². The largest absolute Gasteiger partial charge is 0.490 e. The first-order chi connectivity index (χ1) is 14.4. The highest BCUT2D eigenvalue weighted by Crippen LogP contribution is 2.30. The monoisotopic (exact) mass is 413 g/mol. The summed E-state index contributed by atoms with van der Waals surface area (Å²) in [7, 11) is 0. The quantitative estimate of drug-likeness (QED) is 0.485.